The van der Waals surface area contributed by atoms with Crippen molar-refractivity contribution in [2.24, 2.45) is 0 Å². The molecule has 0 aliphatic carbocycles. The van der Waals surface area contributed by atoms with Crippen LogP contribution in [0.25, 0.3) is 0 Å². The van der Waals surface area contributed by atoms with Gasteiger partial charge in [-0.05, 0) is 6.07 Å². The average Bonchev–Trinajstić information content (AvgIpc) is 2.62. The Labute approximate surface area is 92.2 Å². The van der Waals surface area contributed by atoms with Crippen LogP contribution in [0.3, 0.4) is 0 Å². The quantitative estimate of drug-likeness (QED) is 0.843. The van der Waals surface area contributed by atoms with Gasteiger partial charge in [-0.2, -0.15) is 0 Å². The van der Waals surface area contributed by atoms with Gasteiger partial charge in [0.05, 0.1) is 12.6 Å². The topological polar surface area (TPSA) is 49.8 Å². The molecule has 1 fully saturated rings. The first-order valence-electron chi connectivity index (χ1n) is 5.02. The number of rotatable bonds is 3. The highest BCUT2D eigenvalue weighted by Gasteiger charge is 2.34. The normalized spacial score (nSPS) is 20.0. The summed E-state index contributed by atoms with van der Waals surface area (Å²) in [4.78, 5) is 12.7. The number of carbonyl (C=O) groups is 1. The number of halogens is 1. The van der Waals surface area contributed by atoms with Gasteiger partial charge in [-0.1, -0.05) is 18.2 Å². The van der Waals surface area contributed by atoms with E-state index in [0.29, 0.717) is 5.56 Å². The highest BCUT2D eigenvalue weighted by molar-refractivity contribution is 5.70. The van der Waals surface area contributed by atoms with Crippen LogP contribution in [0.4, 0.5) is 9.18 Å². The molecule has 1 saturated heterocycles. The van der Waals surface area contributed by atoms with Crippen LogP contribution in [0.5, 0.6) is 0 Å². The molecule has 0 bridgehead atoms. The molecule has 86 valence electrons. The van der Waals surface area contributed by atoms with Crippen molar-refractivity contribution in [3.05, 3.63) is 35.6 Å². The molecule has 1 unspecified atom stereocenters. The van der Waals surface area contributed by atoms with Crippen LogP contribution in [-0.2, 0) is 4.74 Å². The third kappa shape index (κ3) is 1.86. The van der Waals surface area contributed by atoms with Crippen molar-refractivity contribution in [1.82, 2.24) is 4.90 Å². The lowest BCUT2D eigenvalue weighted by atomic mass is 10.1. The van der Waals surface area contributed by atoms with Crippen molar-refractivity contribution in [3.8, 4) is 0 Å². The van der Waals surface area contributed by atoms with E-state index in [2.05, 4.69) is 0 Å². The summed E-state index contributed by atoms with van der Waals surface area (Å²) in [6.45, 7) is 0.109. The van der Waals surface area contributed by atoms with Crippen LogP contribution in [0.15, 0.2) is 24.3 Å². The molecule has 0 saturated carbocycles. The first kappa shape index (κ1) is 10.9. The molecule has 1 N–H and O–H groups in total. The van der Waals surface area contributed by atoms with Gasteiger partial charge in [-0.25, -0.2) is 9.18 Å². The summed E-state index contributed by atoms with van der Waals surface area (Å²) >= 11 is 0. The van der Waals surface area contributed by atoms with Crippen LogP contribution in [-0.4, -0.2) is 35.9 Å². The highest BCUT2D eigenvalue weighted by atomic mass is 19.1. The Hall–Kier alpha value is -1.62. The van der Waals surface area contributed by atoms with Gasteiger partial charge in [-0.3, -0.25) is 4.90 Å². The van der Waals surface area contributed by atoms with Gasteiger partial charge in [0.2, 0.25) is 0 Å². The van der Waals surface area contributed by atoms with Gasteiger partial charge >= 0.3 is 6.09 Å². The molecule has 1 aliphatic heterocycles. The first-order chi connectivity index (χ1) is 7.74. The van der Waals surface area contributed by atoms with Crippen molar-refractivity contribution in [2.75, 3.05) is 19.8 Å². The van der Waals surface area contributed by atoms with E-state index < -0.39 is 12.1 Å². The summed E-state index contributed by atoms with van der Waals surface area (Å²) in [6.07, 6.45) is -0.512. The highest BCUT2D eigenvalue weighted by Crippen LogP contribution is 2.28. The molecular formula is C11H12FNO3. The molecule has 2 rings (SSSR count). The Morgan fingerprint density at radius 3 is 2.94 bits per heavy atom. The number of aliphatic hydroxyl groups excluding tert-OH is 1. The number of nitrogens with zero attached hydrogens (tertiary/aromatic N) is 1. The molecule has 0 aromatic heterocycles. The largest absolute Gasteiger partial charge is 0.447 e. The summed E-state index contributed by atoms with van der Waals surface area (Å²) in [7, 11) is 0. The van der Waals surface area contributed by atoms with E-state index in [1.165, 1.54) is 11.0 Å². The van der Waals surface area contributed by atoms with Crippen molar-refractivity contribution < 1.29 is 19.0 Å². The lowest BCUT2D eigenvalue weighted by molar-refractivity contribution is 0.148. The maximum absolute atomic E-state index is 13.5. The molecule has 1 aromatic carbocycles. The zero-order valence-corrected chi connectivity index (χ0v) is 8.60. The zero-order valence-electron chi connectivity index (χ0n) is 8.60. The van der Waals surface area contributed by atoms with E-state index in [1.54, 1.807) is 18.2 Å². The molecule has 0 spiro atoms. The number of β-amino-alcohol motifs (C(OH)–C–C–N with tert-alkyl or cyclic N) is 1. The molecular weight excluding hydrogens is 213 g/mol. The number of cyclic esters (lactones) is 1. The first-order valence-corrected chi connectivity index (χ1v) is 5.02. The summed E-state index contributed by atoms with van der Waals surface area (Å²) < 4.78 is 18.4. The van der Waals surface area contributed by atoms with E-state index in [4.69, 9.17) is 9.84 Å². The monoisotopic (exact) mass is 225 g/mol. The van der Waals surface area contributed by atoms with E-state index in [9.17, 15) is 9.18 Å². The minimum absolute atomic E-state index is 0.125. The van der Waals surface area contributed by atoms with E-state index in [1.807, 2.05) is 0 Å². The molecule has 1 aromatic rings. The third-order valence-corrected chi connectivity index (χ3v) is 2.58. The van der Waals surface area contributed by atoms with E-state index in [0.717, 1.165) is 0 Å². The fourth-order valence-electron chi connectivity index (χ4n) is 1.81. The Kier molecular flexibility index (Phi) is 3.05. The molecule has 5 heteroatoms. The van der Waals surface area contributed by atoms with Crippen LogP contribution in [0, 0.1) is 5.82 Å². The van der Waals surface area contributed by atoms with Gasteiger partial charge < -0.3 is 9.84 Å². The van der Waals surface area contributed by atoms with Gasteiger partial charge in [0.15, 0.2) is 0 Å². The maximum Gasteiger partial charge on any atom is 0.410 e. The number of benzene rings is 1. The second-order valence-electron chi connectivity index (χ2n) is 3.53. The fraction of sp³-hybridized carbons (Fsp3) is 0.364. The number of amides is 1. The molecule has 1 amide bonds. The van der Waals surface area contributed by atoms with Crippen LogP contribution >= 0.6 is 0 Å². The number of hydrogen-bond donors (Lipinski definition) is 1. The number of carbonyl (C=O) groups excluding carboxylic acids is 1. The van der Waals surface area contributed by atoms with Gasteiger partial charge in [0.25, 0.3) is 0 Å². The zero-order chi connectivity index (χ0) is 11.5. The number of ether oxygens (including phenoxy) is 1. The average molecular weight is 225 g/mol. The van der Waals surface area contributed by atoms with Crippen LogP contribution in [0.2, 0.25) is 0 Å². The minimum atomic E-state index is -0.512. The van der Waals surface area contributed by atoms with E-state index >= 15 is 0 Å². The lowest BCUT2D eigenvalue weighted by Gasteiger charge is -2.20. The summed E-state index contributed by atoms with van der Waals surface area (Å²) in [6, 6.07) is 5.81. The minimum Gasteiger partial charge on any atom is -0.447 e. The van der Waals surface area contributed by atoms with Crippen LogP contribution in [0.1, 0.15) is 11.6 Å². The Balaban J connectivity index is 2.27. The summed E-state index contributed by atoms with van der Waals surface area (Å²) in [5.41, 5.74) is 0.418. The molecule has 4 nitrogen and oxygen atoms in total. The predicted molar refractivity (Wildman–Crippen MR) is 54.3 cm³/mol. The maximum atomic E-state index is 13.5. The van der Waals surface area contributed by atoms with Crippen molar-refractivity contribution in [2.45, 2.75) is 6.04 Å². The molecule has 1 heterocycles. The second kappa shape index (κ2) is 4.49. The molecule has 1 atom stereocenters. The lowest BCUT2D eigenvalue weighted by Crippen LogP contribution is -2.30. The number of hydrogen-bond acceptors (Lipinski definition) is 3. The molecule has 1 aliphatic rings. The van der Waals surface area contributed by atoms with Crippen molar-refractivity contribution in [1.29, 1.82) is 0 Å². The molecule has 16 heavy (non-hydrogen) atoms. The Bertz CT molecular complexity index is 397. The van der Waals surface area contributed by atoms with Crippen molar-refractivity contribution >= 4 is 6.09 Å². The molecule has 0 radical (unpaired) electrons. The smallest absolute Gasteiger partial charge is 0.410 e. The van der Waals surface area contributed by atoms with Crippen LogP contribution < -0.4 is 0 Å². The third-order valence-electron chi connectivity index (χ3n) is 2.58. The van der Waals surface area contributed by atoms with E-state index in [-0.39, 0.29) is 25.6 Å². The second-order valence-corrected chi connectivity index (χ2v) is 3.53. The van der Waals surface area contributed by atoms with Gasteiger partial charge in [-0.15, -0.1) is 0 Å². The Morgan fingerprint density at radius 2 is 2.25 bits per heavy atom. The standard InChI is InChI=1S/C11H12FNO3/c12-9-4-2-1-3-8(9)10-7-16-11(15)13(10)5-6-14/h1-4,10,14H,5-7H2. The van der Waals surface area contributed by atoms with Gasteiger partial charge in [0.1, 0.15) is 12.4 Å². The summed E-state index contributed by atoms with van der Waals surface area (Å²) in [5.74, 6) is -0.367. The van der Waals surface area contributed by atoms with Gasteiger partial charge in [0, 0.05) is 12.1 Å². The predicted octanol–water partition coefficient (Wildman–Crippen LogP) is 1.31. The Morgan fingerprint density at radius 1 is 1.50 bits per heavy atom. The summed E-state index contributed by atoms with van der Waals surface area (Å²) in [5, 5.41) is 8.84. The SMILES string of the molecule is O=C1OCC(c2ccccc2F)N1CCO. The number of aliphatic hydroxyl groups is 1. The fourth-order valence-corrected chi connectivity index (χ4v) is 1.81. The van der Waals surface area contributed by atoms with Crippen molar-refractivity contribution in [3.63, 3.8) is 0 Å².